The van der Waals surface area contributed by atoms with Gasteiger partial charge in [0.1, 0.15) is 0 Å². The molecule has 0 saturated carbocycles. The molecule has 0 aromatic carbocycles. The zero-order valence-electron chi connectivity index (χ0n) is 14.8. The maximum absolute atomic E-state index is 10.0. The van der Waals surface area contributed by atoms with Gasteiger partial charge >= 0.3 is 0 Å². The van der Waals surface area contributed by atoms with E-state index in [1.54, 1.807) is 0 Å². The zero-order valence-corrected chi connectivity index (χ0v) is 14.8. The van der Waals surface area contributed by atoms with Crippen molar-refractivity contribution < 1.29 is 4.79 Å². The van der Waals surface area contributed by atoms with Crippen LogP contribution in [0.2, 0.25) is 0 Å². The van der Waals surface area contributed by atoms with Crippen molar-refractivity contribution in [3.8, 4) is 0 Å². The lowest BCUT2D eigenvalue weighted by Gasteiger charge is -1.92. The first kappa shape index (κ1) is 21.4. The second-order valence-corrected chi connectivity index (χ2v) is 5.45. The molecule has 1 nitrogen and oxygen atoms in total. The molecule has 0 bridgehead atoms. The summed E-state index contributed by atoms with van der Waals surface area (Å²) < 4.78 is 0. The molecule has 0 aliphatic rings. The SMILES string of the molecule is CC/C=C/C/C=C/C/C=C/C/C=C/C/C=C/CCCCC[C]=O. The number of allylic oxidation sites excluding steroid dienone is 10. The molecule has 23 heavy (non-hydrogen) atoms. The molecule has 0 saturated heterocycles. The lowest BCUT2D eigenvalue weighted by atomic mass is 10.1. The number of hydrogen-bond acceptors (Lipinski definition) is 1. The lowest BCUT2D eigenvalue weighted by Crippen LogP contribution is -1.77. The topological polar surface area (TPSA) is 17.1 Å². The highest BCUT2D eigenvalue weighted by Gasteiger charge is 1.86. The third-order valence-electron chi connectivity index (χ3n) is 3.31. The van der Waals surface area contributed by atoms with Gasteiger partial charge in [0.15, 0.2) is 6.29 Å². The molecule has 0 spiro atoms. The summed E-state index contributed by atoms with van der Waals surface area (Å²) in [5.41, 5.74) is 0. The van der Waals surface area contributed by atoms with Gasteiger partial charge in [-0.05, 0) is 51.4 Å². The molecule has 0 N–H and O–H groups in total. The summed E-state index contributed by atoms with van der Waals surface area (Å²) in [4.78, 5) is 10.0. The molecule has 0 aliphatic carbocycles. The van der Waals surface area contributed by atoms with Crippen molar-refractivity contribution in [2.75, 3.05) is 0 Å². The van der Waals surface area contributed by atoms with Gasteiger partial charge in [0, 0.05) is 6.42 Å². The molecule has 127 valence electrons. The van der Waals surface area contributed by atoms with E-state index in [9.17, 15) is 4.79 Å². The highest BCUT2D eigenvalue weighted by Crippen LogP contribution is 2.03. The van der Waals surface area contributed by atoms with Gasteiger partial charge in [0.25, 0.3) is 0 Å². The fourth-order valence-corrected chi connectivity index (χ4v) is 2.00. The van der Waals surface area contributed by atoms with Gasteiger partial charge in [-0.15, -0.1) is 0 Å². The molecule has 0 aliphatic heterocycles. The molecule has 0 aromatic rings. The van der Waals surface area contributed by atoms with Gasteiger partial charge in [-0.2, -0.15) is 0 Å². The normalized spacial score (nSPS) is 12.7. The van der Waals surface area contributed by atoms with Crippen LogP contribution in [0.25, 0.3) is 0 Å². The third-order valence-corrected chi connectivity index (χ3v) is 3.31. The first-order chi connectivity index (χ1) is 11.4. The molecular formula is C22H33O. The minimum atomic E-state index is 0.589. The summed E-state index contributed by atoms with van der Waals surface area (Å²) in [7, 11) is 0. The van der Waals surface area contributed by atoms with E-state index in [2.05, 4.69) is 67.7 Å². The second-order valence-electron chi connectivity index (χ2n) is 5.45. The molecule has 0 unspecified atom stereocenters. The summed E-state index contributed by atoms with van der Waals surface area (Å²) in [6, 6.07) is 0. The van der Waals surface area contributed by atoms with Crippen LogP contribution in [0.15, 0.2) is 60.8 Å². The molecule has 0 amide bonds. The Morgan fingerprint density at radius 2 is 1.09 bits per heavy atom. The average Bonchev–Trinajstić information content (AvgIpc) is 2.57. The summed E-state index contributed by atoms with van der Waals surface area (Å²) in [5, 5.41) is 0. The van der Waals surface area contributed by atoms with E-state index in [4.69, 9.17) is 0 Å². The number of hydrogen-bond donors (Lipinski definition) is 0. The van der Waals surface area contributed by atoms with Crippen LogP contribution in [-0.2, 0) is 4.79 Å². The summed E-state index contributed by atoms with van der Waals surface area (Å²) in [6.07, 6.45) is 34.3. The summed E-state index contributed by atoms with van der Waals surface area (Å²) in [6.45, 7) is 2.16. The van der Waals surface area contributed by atoms with Crippen LogP contribution in [0, 0.1) is 0 Å². The quantitative estimate of drug-likeness (QED) is 0.240. The monoisotopic (exact) mass is 313 g/mol. The standard InChI is InChI=1S/C22H33O/c1-2-3-4-5-6-7-8-9-10-11-12-13-14-15-16-17-18-19-20-21-22-23/h3-4,6-7,9-10,12-13,15-16H,2,5,8,11,14,17-21H2,1H3/b4-3+,7-6+,10-9+,13-12+,16-15+. The fraction of sp³-hybridized carbons (Fsp3) is 0.500. The molecule has 0 aromatic heterocycles. The predicted molar refractivity (Wildman–Crippen MR) is 103 cm³/mol. The van der Waals surface area contributed by atoms with E-state index in [0.29, 0.717) is 6.42 Å². The van der Waals surface area contributed by atoms with Crippen LogP contribution < -0.4 is 0 Å². The van der Waals surface area contributed by atoms with Crippen molar-refractivity contribution in [3.63, 3.8) is 0 Å². The highest BCUT2D eigenvalue weighted by molar-refractivity contribution is 5.50. The van der Waals surface area contributed by atoms with E-state index in [-0.39, 0.29) is 0 Å². The molecular weight excluding hydrogens is 280 g/mol. The second kappa shape index (κ2) is 20.4. The summed E-state index contributed by atoms with van der Waals surface area (Å²) >= 11 is 0. The van der Waals surface area contributed by atoms with Crippen LogP contribution in [-0.4, -0.2) is 6.29 Å². The maximum Gasteiger partial charge on any atom is 0.198 e. The fourth-order valence-electron chi connectivity index (χ4n) is 2.00. The van der Waals surface area contributed by atoms with Crippen molar-refractivity contribution in [1.82, 2.24) is 0 Å². The Balaban J connectivity index is 3.40. The molecule has 1 heteroatoms. The van der Waals surface area contributed by atoms with Gasteiger partial charge in [-0.1, -0.05) is 74.1 Å². The maximum atomic E-state index is 10.0. The average molecular weight is 314 g/mol. The zero-order chi connectivity index (χ0) is 16.8. The predicted octanol–water partition coefficient (Wildman–Crippen LogP) is 6.80. The summed E-state index contributed by atoms with van der Waals surface area (Å²) in [5.74, 6) is 0. The van der Waals surface area contributed by atoms with Crippen LogP contribution in [0.3, 0.4) is 0 Å². The van der Waals surface area contributed by atoms with Crippen molar-refractivity contribution in [3.05, 3.63) is 60.8 Å². The van der Waals surface area contributed by atoms with Crippen molar-refractivity contribution in [2.45, 2.75) is 71.1 Å². The Morgan fingerprint density at radius 3 is 1.57 bits per heavy atom. The van der Waals surface area contributed by atoms with E-state index in [1.165, 1.54) is 6.42 Å². The van der Waals surface area contributed by atoms with Crippen molar-refractivity contribution >= 4 is 6.29 Å². The molecule has 0 heterocycles. The molecule has 0 rings (SSSR count). The van der Waals surface area contributed by atoms with Gasteiger partial charge < -0.3 is 0 Å². The van der Waals surface area contributed by atoms with Crippen LogP contribution in [0.5, 0.6) is 0 Å². The molecule has 0 atom stereocenters. The first-order valence-electron chi connectivity index (χ1n) is 9.01. The molecule has 0 fully saturated rings. The van der Waals surface area contributed by atoms with Crippen LogP contribution >= 0.6 is 0 Å². The van der Waals surface area contributed by atoms with Gasteiger partial charge in [0.2, 0.25) is 0 Å². The third kappa shape index (κ3) is 20.4. The Morgan fingerprint density at radius 1 is 0.609 bits per heavy atom. The largest absolute Gasteiger partial charge is 0.291 e. The number of carbonyl (C=O) groups excluding carboxylic acids is 1. The van der Waals surface area contributed by atoms with Gasteiger partial charge in [0.05, 0.1) is 0 Å². The first-order valence-corrected chi connectivity index (χ1v) is 9.01. The van der Waals surface area contributed by atoms with E-state index in [0.717, 1.165) is 51.4 Å². The minimum absolute atomic E-state index is 0.589. The molecule has 1 radical (unpaired) electrons. The Bertz CT molecular complexity index is 383. The van der Waals surface area contributed by atoms with Crippen molar-refractivity contribution in [2.24, 2.45) is 0 Å². The Kier molecular flexibility index (Phi) is 18.9. The Labute approximate surface area is 143 Å². The van der Waals surface area contributed by atoms with Crippen LogP contribution in [0.1, 0.15) is 71.1 Å². The van der Waals surface area contributed by atoms with E-state index < -0.39 is 0 Å². The number of rotatable bonds is 15. The van der Waals surface area contributed by atoms with E-state index in [1.807, 2.05) is 6.29 Å². The minimum Gasteiger partial charge on any atom is -0.291 e. The van der Waals surface area contributed by atoms with E-state index >= 15 is 0 Å². The van der Waals surface area contributed by atoms with Gasteiger partial charge in [-0.25, -0.2) is 0 Å². The van der Waals surface area contributed by atoms with Crippen LogP contribution in [0.4, 0.5) is 0 Å². The smallest absolute Gasteiger partial charge is 0.198 e. The number of unbranched alkanes of at least 4 members (excludes halogenated alkanes) is 4. The lowest BCUT2D eigenvalue weighted by molar-refractivity contribution is 0.545. The van der Waals surface area contributed by atoms with Gasteiger partial charge in [-0.3, -0.25) is 4.79 Å². The Hall–Kier alpha value is -1.63. The highest BCUT2D eigenvalue weighted by atomic mass is 16.1. The van der Waals surface area contributed by atoms with Crippen molar-refractivity contribution in [1.29, 1.82) is 0 Å².